The average Bonchev–Trinajstić information content (AvgIpc) is 2.06. The maximum absolute atomic E-state index is 12.7. The van der Waals surface area contributed by atoms with Gasteiger partial charge < -0.3 is 0 Å². The molecule has 0 spiro atoms. The zero-order valence-electron chi connectivity index (χ0n) is 6.72. The van der Waals surface area contributed by atoms with Crippen molar-refractivity contribution in [2.45, 2.75) is 11.3 Å². The summed E-state index contributed by atoms with van der Waals surface area (Å²) in [5, 5.41) is -0.696. The van der Waals surface area contributed by atoms with E-state index in [2.05, 4.69) is 4.98 Å². The molecule has 0 fully saturated rings. The lowest BCUT2D eigenvalue weighted by Gasteiger charge is -2.05. The molecule has 0 radical (unpaired) electrons. The van der Waals surface area contributed by atoms with Gasteiger partial charge in [-0.1, -0.05) is 11.6 Å². The molecule has 1 rings (SSSR count). The van der Waals surface area contributed by atoms with Crippen LogP contribution in [0.5, 0.6) is 0 Å². The molecule has 84 valence electrons. The lowest BCUT2D eigenvalue weighted by molar-refractivity contribution is 0.141. The molecule has 0 aliphatic carbocycles. The fourth-order valence-corrected chi connectivity index (χ4v) is 2.04. The third kappa shape index (κ3) is 2.73. The summed E-state index contributed by atoms with van der Waals surface area (Å²) in [6.07, 6.45) is -3.26. The molecule has 15 heavy (non-hydrogen) atoms. The van der Waals surface area contributed by atoms with Gasteiger partial charge in [0.25, 0.3) is 15.5 Å². The summed E-state index contributed by atoms with van der Waals surface area (Å²) >= 11 is 5.19. The number of halogens is 5. The number of alkyl halides is 2. The predicted octanol–water partition coefficient (Wildman–Crippen LogP) is 2.74. The maximum Gasteiger partial charge on any atom is 0.281 e. The van der Waals surface area contributed by atoms with Gasteiger partial charge in [-0.2, -0.15) is 4.39 Å². The zero-order chi connectivity index (χ0) is 11.8. The van der Waals surface area contributed by atoms with Crippen molar-refractivity contribution in [2.75, 3.05) is 0 Å². The van der Waals surface area contributed by atoms with E-state index < -0.39 is 37.0 Å². The predicted molar refractivity (Wildman–Crippen MR) is 47.2 cm³/mol. The van der Waals surface area contributed by atoms with Crippen LogP contribution in [0.15, 0.2) is 11.0 Å². The molecule has 1 aromatic heterocycles. The third-order valence-electron chi connectivity index (χ3n) is 1.40. The molecule has 0 atom stereocenters. The van der Waals surface area contributed by atoms with Crippen molar-refractivity contribution >= 4 is 31.3 Å². The lowest BCUT2D eigenvalue weighted by atomic mass is 10.3. The summed E-state index contributed by atoms with van der Waals surface area (Å²) in [5.41, 5.74) is -1.26. The van der Waals surface area contributed by atoms with Crippen LogP contribution in [0.3, 0.4) is 0 Å². The largest absolute Gasteiger partial charge is 0.281 e. The van der Waals surface area contributed by atoms with Crippen LogP contribution in [0.2, 0.25) is 5.02 Å². The van der Waals surface area contributed by atoms with Crippen LogP contribution in [0.1, 0.15) is 12.1 Å². The van der Waals surface area contributed by atoms with E-state index in [1.807, 2.05) is 0 Å². The second-order valence-corrected chi connectivity index (χ2v) is 5.32. The highest BCUT2D eigenvalue weighted by Gasteiger charge is 2.25. The van der Waals surface area contributed by atoms with Crippen LogP contribution in [-0.4, -0.2) is 13.4 Å². The third-order valence-corrected chi connectivity index (χ3v) is 3.01. The van der Waals surface area contributed by atoms with Gasteiger partial charge in [-0.15, -0.1) is 0 Å². The number of hydrogen-bond donors (Lipinski definition) is 0. The standard InChI is InChI=1S/C6H2Cl2F3NO2S/c7-2-1-3(15(8,13)14)4(5(9)10)12-6(2)11/h1,5H. The molecule has 0 saturated carbocycles. The number of nitrogens with zero attached hydrogens (tertiary/aromatic N) is 1. The summed E-state index contributed by atoms with van der Waals surface area (Å²) in [7, 11) is 0.411. The zero-order valence-corrected chi connectivity index (χ0v) is 9.04. The second kappa shape index (κ2) is 4.15. The first-order chi connectivity index (χ1) is 6.73. The molecular weight excluding hydrogens is 278 g/mol. The van der Waals surface area contributed by atoms with Gasteiger partial charge >= 0.3 is 0 Å². The van der Waals surface area contributed by atoms with Crippen LogP contribution in [-0.2, 0) is 9.05 Å². The molecule has 3 nitrogen and oxygen atoms in total. The molecule has 1 aromatic rings. The molecule has 0 bridgehead atoms. The van der Waals surface area contributed by atoms with E-state index in [9.17, 15) is 21.6 Å². The van der Waals surface area contributed by atoms with Crippen LogP contribution < -0.4 is 0 Å². The fraction of sp³-hybridized carbons (Fsp3) is 0.167. The quantitative estimate of drug-likeness (QED) is 0.618. The monoisotopic (exact) mass is 279 g/mol. The summed E-state index contributed by atoms with van der Waals surface area (Å²) in [4.78, 5) is 1.73. The highest BCUT2D eigenvalue weighted by Crippen LogP contribution is 2.30. The van der Waals surface area contributed by atoms with E-state index in [4.69, 9.17) is 22.3 Å². The van der Waals surface area contributed by atoms with Crippen LogP contribution in [0.25, 0.3) is 0 Å². The minimum atomic E-state index is -4.44. The van der Waals surface area contributed by atoms with Crippen LogP contribution in [0.4, 0.5) is 13.2 Å². The van der Waals surface area contributed by atoms with Crippen molar-refractivity contribution < 1.29 is 21.6 Å². The van der Waals surface area contributed by atoms with Gasteiger partial charge in [-0.3, -0.25) is 0 Å². The van der Waals surface area contributed by atoms with Crippen LogP contribution in [0, 0.1) is 5.95 Å². The molecule has 9 heteroatoms. The first-order valence-electron chi connectivity index (χ1n) is 3.32. The Hall–Kier alpha value is -0.530. The Morgan fingerprint density at radius 3 is 2.33 bits per heavy atom. The molecule has 1 heterocycles. The van der Waals surface area contributed by atoms with E-state index in [0.717, 1.165) is 0 Å². The highest BCUT2D eigenvalue weighted by atomic mass is 35.7. The van der Waals surface area contributed by atoms with Gasteiger partial charge in [0.1, 0.15) is 10.6 Å². The molecule has 0 aromatic carbocycles. The van der Waals surface area contributed by atoms with E-state index in [1.54, 1.807) is 0 Å². The summed E-state index contributed by atoms with van der Waals surface area (Å²) in [6.45, 7) is 0. The Morgan fingerprint density at radius 2 is 1.93 bits per heavy atom. The molecule has 0 aliphatic rings. The van der Waals surface area contributed by atoms with Gasteiger partial charge in [0.05, 0.1) is 5.02 Å². The van der Waals surface area contributed by atoms with Gasteiger partial charge in [0.15, 0.2) is 0 Å². The SMILES string of the molecule is O=S(=O)(Cl)c1cc(Cl)c(F)nc1C(F)F. The van der Waals surface area contributed by atoms with Crippen molar-refractivity contribution in [2.24, 2.45) is 0 Å². The van der Waals surface area contributed by atoms with Gasteiger partial charge in [0.2, 0.25) is 5.95 Å². The lowest BCUT2D eigenvalue weighted by Crippen LogP contribution is -2.04. The minimum Gasteiger partial charge on any atom is -0.216 e. The molecule has 0 aliphatic heterocycles. The van der Waals surface area contributed by atoms with Gasteiger partial charge in [0, 0.05) is 10.7 Å². The number of aromatic nitrogens is 1. The van der Waals surface area contributed by atoms with E-state index in [-0.39, 0.29) is 0 Å². The first kappa shape index (κ1) is 12.5. The Balaban J connectivity index is 3.56. The Kier molecular flexibility index (Phi) is 3.47. The summed E-state index contributed by atoms with van der Waals surface area (Å²) < 4.78 is 58.9. The van der Waals surface area contributed by atoms with Crippen molar-refractivity contribution in [3.8, 4) is 0 Å². The van der Waals surface area contributed by atoms with E-state index in [0.29, 0.717) is 6.07 Å². The van der Waals surface area contributed by atoms with E-state index in [1.165, 1.54) is 0 Å². The Bertz CT molecular complexity index is 491. The minimum absolute atomic E-state index is 0.494. The van der Waals surface area contributed by atoms with Crippen molar-refractivity contribution in [1.29, 1.82) is 0 Å². The summed E-state index contributed by atoms with van der Waals surface area (Å²) in [5.74, 6) is -1.38. The Labute approximate surface area is 92.2 Å². The molecule has 0 amide bonds. The normalized spacial score (nSPS) is 12.1. The first-order valence-corrected chi connectivity index (χ1v) is 6.01. The molecule has 0 unspecified atom stereocenters. The number of hydrogen-bond acceptors (Lipinski definition) is 3. The van der Waals surface area contributed by atoms with Crippen molar-refractivity contribution in [3.05, 3.63) is 22.7 Å². The smallest absolute Gasteiger partial charge is 0.216 e. The highest BCUT2D eigenvalue weighted by molar-refractivity contribution is 8.13. The summed E-state index contributed by atoms with van der Waals surface area (Å²) in [6, 6.07) is 0.494. The van der Waals surface area contributed by atoms with E-state index >= 15 is 0 Å². The average molecular weight is 280 g/mol. The number of pyridine rings is 1. The van der Waals surface area contributed by atoms with Gasteiger partial charge in [-0.05, 0) is 6.07 Å². The van der Waals surface area contributed by atoms with Crippen LogP contribution >= 0.6 is 22.3 Å². The molecular formula is C6H2Cl2F3NO2S. The topological polar surface area (TPSA) is 47.0 Å². The van der Waals surface area contributed by atoms with Gasteiger partial charge in [-0.25, -0.2) is 22.2 Å². The molecule has 0 N–H and O–H groups in total. The fourth-order valence-electron chi connectivity index (χ4n) is 0.814. The van der Waals surface area contributed by atoms with Crippen molar-refractivity contribution in [3.63, 3.8) is 0 Å². The molecule has 0 saturated heterocycles. The Morgan fingerprint density at radius 1 is 1.40 bits per heavy atom. The van der Waals surface area contributed by atoms with Crippen molar-refractivity contribution in [1.82, 2.24) is 4.98 Å². The second-order valence-electron chi connectivity index (χ2n) is 2.38. The number of rotatable bonds is 2. The maximum atomic E-state index is 12.7.